The standard InChI is InChI=1S/C9H9Cl2NO/c1-5-3-8(11)9(4-7(5)10)12-6(2)13/h3-4H,1-2H3,(H,12,13). The molecule has 0 radical (unpaired) electrons. The highest BCUT2D eigenvalue weighted by Crippen LogP contribution is 2.28. The summed E-state index contributed by atoms with van der Waals surface area (Å²) >= 11 is 11.7. The van der Waals surface area contributed by atoms with E-state index in [1.54, 1.807) is 12.1 Å². The Morgan fingerprint density at radius 2 is 1.92 bits per heavy atom. The largest absolute Gasteiger partial charge is 0.325 e. The third-order valence-electron chi connectivity index (χ3n) is 1.56. The number of carbonyl (C=O) groups excluding carboxylic acids is 1. The number of hydrogen-bond donors (Lipinski definition) is 1. The highest BCUT2D eigenvalue weighted by molar-refractivity contribution is 6.36. The number of hydrogen-bond acceptors (Lipinski definition) is 1. The van der Waals surface area contributed by atoms with E-state index >= 15 is 0 Å². The molecule has 0 heterocycles. The quantitative estimate of drug-likeness (QED) is 0.769. The van der Waals surface area contributed by atoms with Gasteiger partial charge >= 0.3 is 0 Å². The molecule has 0 bridgehead atoms. The number of aryl methyl sites for hydroxylation is 1. The van der Waals surface area contributed by atoms with E-state index < -0.39 is 0 Å². The molecule has 0 aromatic heterocycles. The summed E-state index contributed by atoms with van der Waals surface area (Å²) in [4.78, 5) is 10.7. The van der Waals surface area contributed by atoms with Crippen molar-refractivity contribution in [3.05, 3.63) is 27.7 Å². The Morgan fingerprint density at radius 3 is 2.46 bits per heavy atom. The van der Waals surface area contributed by atoms with Crippen LogP contribution >= 0.6 is 23.2 Å². The molecule has 0 unspecified atom stereocenters. The minimum absolute atomic E-state index is 0.165. The number of benzene rings is 1. The Balaban J connectivity index is 3.08. The van der Waals surface area contributed by atoms with Crippen LogP contribution in [0.3, 0.4) is 0 Å². The fourth-order valence-corrected chi connectivity index (χ4v) is 1.36. The molecule has 0 saturated heterocycles. The van der Waals surface area contributed by atoms with Crippen molar-refractivity contribution in [2.45, 2.75) is 13.8 Å². The van der Waals surface area contributed by atoms with Crippen LogP contribution in [0, 0.1) is 6.92 Å². The molecule has 70 valence electrons. The molecule has 1 amide bonds. The fraction of sp³-hybridized carbons (Fsp3) is 0.222. The average molecular weight is 218 g/mol. The zero-order valence-electron chi connectivity index (χ0n) is 7.32. The first-order chi connectivity index (χ1) is 6.00. The van der Waals surface area contributed by atoms with Gasteiger partial charge in [-0.2, -0.15) is 0 Å². The van der Waals surface area contributed by atoms with Crippen LogP contribution < -0.4 is 5.32 Å². The molecule has 13 heavy (non-hydrogen) atoms. The lowest BCUT2D eigenvalue weighted by Gasteiger charge is -2.06. The molecule has 0 aliphatic carbocycles. The Labute approximate surface area is 86.8 Å². The molecule has 0 atom stereocenters. The number of rotatable bonds is 1. The van der Waals surface area contributed by atoms with Crippen molar-refractivity contribution in [1.29, 1.82) is 0 Å². The molecule has 0 aliphatic heterocycles. The number of anilines is 1. The zero-order chi connectivity index (χ0) is 10.0. The summed E-state index contributed by atoms with van der Waals surface area (Å²) in [6.45, 7) is 3.27. The lowest BCUT2D eigenvalue weighted by molar-refractivity contribution is -0.114. The van der Waals surface area contributed by atoms with Gasteiger partial charge < -0.3 is 5.32 Å². The first kappa shape index (κ1) is 10.4. The van der Waals surface area contributed by atoms with E-state index in [-0.39, 0.29) is 5.91 Å². The van der Waals surface area contributed by atoms with E-state index in [4.69, 9.17) is 23.2 Å². The molecule has 0 spiro atoms. The van der Waals surface area contributed by atoms with E-state index in [2.05, 4.69) is 5.32 Å². The summed E-state index contributed by atoms with van der Waals surface area (Å²) < 4.78 is 0. The Bertz CT molecular complexity index is 350. The van der Waals surface area contributed by atoms with Crippen molar-refractivity contribution >= 4 is 34.8 Å². The number of amides is 1. The number of halogens is 2. The third-order valence-corrected chi connectivity index (χ3v) is 2.28. The lowest BCUT2D eigenvalue weighted by Crippen LogP contribution is -2.06. The minimum atomic E-state index is -0.165. The average Bonchev–Trinajstić information content (AvgIpc) is 1.99. The molecule has 0 saturated carbocycles. The normalized spacial score (nSPS) is 9.85. The molecule has 2 nitrogen and oxygen atoms in total. The Hall–Kier alpha value is -0.730. The Kier molecular flexibility index (Phi) is 3.17. The van der Waals surface area contributed by atoms with Crippen LogP contribution in [-0.2, 0) is 4.79 Å². The number of carbonyl (C=O) groups is 1. The van der Waals surface area contributed by atoms with Gasteiger partial charge in [-0.3, -0.25) is 4.79 Å². The summed E-state index contributed by atoms with van der Waals surface area (Å²) in [5.41, 5.74) is 1.44. The second kappa shape index (κ2) is 3.99. The van der Waals surface area contributed by atoms with Gasteiger partial charge in [0.2, 0.25) is 5.91 Å². The number of nitrogens with one attached hydrogen (secondary N) is 1. The topological polar surface area (TPSA) is 29.1 Å². The third kappa shape index (κ3) is 2.61. The molecule has 1 aromatic carbocycles. The van der Waals surface area contributed by atoms with Crippen molar-refractivity contribution in [3.8, 4) is 0 Å². The van der Waals surface area contributed by atoms with Crippen LogP contribution in [-0.4, -0.2) is 5.91 Å². The maximum absolute atomic E-state index is 10.7. The molecular formula is C9H9Cl2NO. The van der Waals surface area contributed by atoms with Gasteiger partial charge in [0.15, 0.2) is 0 Å². The zero-order valence-corrected chi connectivity index (χ0v) is 8.83. The monoisotopic (exact) mass is 217 g/mol. The maximum Gasteiger partial charge on any atom is 0.221 e. The van der Waals surface area contributed by atoms with Gasteiger partial charge in [-0.15, -0.1) is 0 Å². The van der Waals surface area contributed by atoms with Crippen molar-refractivity contribution in [2.24, 2.45) is 0 Å². The van der Waals surface area contributed by atoms with Gasteiger partial charge in [-0.05, 0) is 24.6 Å². The second-order valence-electron chi connectivity index (χ2n) is 2.76. The second-order valence-corrected chi connectivity index (χ2v) is 3.58. The first-order valence-electron chi connectivity index (χ1n) is 3.74. The molecule has 1 N–H and O–H groups in total. The van der Waals surface area contributed by atoms with Gasteiger partial charge in [0.1, 0.15) is 0 Å². The first-order valence-corrected chi connectivity index (χ1v) is 4.49. The van der Waals surface area contributed by atoms with Crippen LogP contribution in [0.4, 0.5) is 5.69 Å². The molecular weight excluding hydrogens is 209 g/mol. The maximum atomic E-state index is 10.7. The summed E-state index contributed by atoms with van der Waals surface area (Å²) in [6, 6.07) is 3.36. The van der Waals surface area contributed by atoms with E-state index in [1.807, 2.05) is 6.92 Å². The fourth-order valence-electron chi connectivity index (χ4n) is 0.932. The molecule has 4 heteroatoms. The highest BCUT2D eigenvalue weighted by Gasteiger charge is 2.05. The SMILES string of the molecule is CC(=O)Nc1cc(Cl)c(C)cc1Cl. The van der Waals surface area contributed by atoms with Crippen LogP contribution in [0.25, 0.3) is 0 Å². The van der Waals surface area contributed by atoms with Gasteiger partial charge in [-0.25, -0.2) is 0 Å². The van der Waals surface area contributed by atoms with E-state index in [0.717, 1.165) is 5.56 Å². The van der Waals surface area contributed by atoms with Gasteiger partial charge in [0.25, 0.3) is 0 Å². The van der Waals surface area contributed by atoms with Crippen molar-refractivity contribution in [1.82, 2.24) is 0 Å². The van der Waals surface area contributed by atoms with Gasteiger partial charge in [-0.1, -0.05) is 23.2 Å². The Morgan fingerprint density at radius 1 is 1.31 bits per heavy atom. The smallest absolute Gasteiger partial charge is 0.221 e. The predicted octanol–water partition coefficient (Wildman–Crippen LogP) is 3.26. The lowest BCUT2D eigenvalue weighted by atomic mass is 10.2. The van der Waals surface area contributed by atoms with Crippen LogP contribution in [0.1, 0.15) is 12.5 Å². The summed E-state index contributed by atoms with van der Waals surface area (Å²) in [7, 11) is 0. The van der Waals surface area contributed by atoms with Crippen LogP contribution in [0.2, 0.25) is 10.0 Å². The highest BCUT2D eigenvalue weighted by atomic mass is 35.5. The van der Waals surface area contributed by atoms with Crippen molar-refractivity contribution in [3.63, 3.8) is 0 Å². The molecule has 0 aliphatic rings. The van der Waals surface area contributed by atoms with Crippen LogP contribution in [0.5, 0.6) is 0 Å². The van der Waals surface area contributed by atoms with Gasteiger partial charge in [0.05, 0.1) is 10.7 Å². The molecule has 1 rings (SSSR count). The summed E-state index contributed by atoms with van der Waals surface area (Å²) in [5.74, 6) is -0.165. The predicted molar refractivity (Wildman–Crippen MR) is 55.5 cm³/mol. The van der Waals surface area contributed by atoms with E-state index in [9.17, 15) is 4.79 Å². The van der Waals surface area contributed by atoms with E-state index in [0.29, 0.717) is 15.7 Å². The molecule has 0 fully saturated rings. The molecule has 1 aromatic rings. The summed E-state index contributed by atoms with van der Waals surface area (Å²) in [5, 5.41) is 3.67. The minimum Gasteiger partial charge on any atom is -0.325 e. The van der Waals surface area contributed by atoms with Crippen LogP contribution in [0.15, 0.2) is 12.1 Å². The van der Waals surface area contributed by atoms with E-state index in [1.165, 1.54) is 6.92 Å². The van der Waals surface area contributed by atoms with Gasteiger partial charge in [0, 0.05) is 11.9 Å². The van der Waals surface area contributed by atoms with Crippen molar-refractivity contribution < 1.29 is 4.79 Å². The van der Waals surface area contributed by atoms with Crippen molar-refractivity contribution in [2.75, 3.05) is 5.32 Å². The summed E-state index contributed by atoms with van der Waals surface area (Å²) in [6.07, 6.45) is 0.